The van der Waals surface area contributed by atoms with Crippen LogP contribution < -0.4 is 10.6 Å². The number of carbonyl (C=O) groups is 2. The molecule has 0 aliphatic carbocycles. The molecule has 0 radical (unpaired) electrons. The minimum atomic E-state index is -0.321. The van der Waals surface area contributed by atoms with Crippen LogP contribution in [0.1, 0.15) is 35.5 Å². The van der Waals surface area contributed by atoms with E-state index >= 15 is 0 Å². The maximum atomic E-state index is 11.9. The van der Waals surface area contributed by atoms with Gasteiger partial charge in [-0.15, -0.1) is 0 Å². The summed E-state index contributed by atoms with van der Waals surface area (Å²) >= 11 is 3.37. The highest BCUT2D eigenvalue weighted by Gasteiger charge is 2.11. The molecule has 1 aromatic heterocycles. The van der Waals surface area contributed by atoms with Crippen molar-refractivity contribution in [3.63, 3.8) is 0 Å². The molecule has 116 valence electrons. The van der Waals surface area contributed by atoms with Gasteiger partial charge in [0.2, 0.25) is 5.91 Å². The van der Waals surface area contributed by atoms with Crippen molar-refractivity contribution in [1.82, 2.24) is 10.6 Å². The minimum absolute atomic E-state index is 0.0821. The number of furan rings is 1. The van der Waals surface area contributed by atoms with Crippen molar-refractivity contribution in [2.75, 3.05) is 6.54 Å². The van der Waals surface area contributed by atoms with Gasteiger partial charge in [0.05, 0.1) is 12.3 Å². The SMILES string of the molecule is C[C@H](NC(=O)CCNC(=O)c1ccco1)c1ccc(Br)cc1. The van der Waals surface area contributed by atoms with Crippen LogP contribution in [0.25, 0.3) is 0 Å². The highest BCUT2D eigenvalue weighted by molar-refractivity contribution is 9.10. The third kappa shape index (κ3) is 4.73. The van der Waals surface area contributed by atoms with Crippen molar-refractivity contribution in [3.05, 3.63) is 58.5 Å². The van der Waals surface area contributed by atoms with Crippen molar-refractivity contribution < 1.29 is 14.0 Å². The van der Waals surface area contributed by atoms with E-state index in [0.29, 0.717) is 0 Å². The van der Waals surface area contributed by atoms with Crippen molar-refractivity contribution >= 4 is 27.7 Å². The summed E-state index contributed by atoms with van der Waals surface area (Å²) in [4.78, 5) is 23.5. The molecule has 0 saturated heterocycles. The number of hydrogen-bond donors (Lipinski definition) is 2. The maximum absolute atomic E-state index is 11.9. The summed E-state index contributed by atoms with van der Waals surface area (Å²) in [6.07, 6.45) is 1.65. The molecule has 0 unspecified atom stereocenters. The largest absolute Gasteiger partial charge is 0.459 e. The Kier molecular flexibility index (Phi) is 5.77. The second kappa shape index (κ2) is 7.79. The Balaban J connectivity index is 1.73. The zero-order valence-electron chi connectivity index (χ0n) is 12.1. The lowest BCUT2D eigenvalue weighted by Crippen LogP contribution is -2.31. The number of carbonyl (C=O) groups excluding carboxylic acids is 2. The smallest absolute Gasteiger partial charge is 0.286 e. The van der Waals surface area contributed by atoms with Crippen LogP contribution in [-0.2, 0) is 4.79 Å². The maximum Gasteiger partial charge on any atom is 0.286 e. The molecule has 0 aliphatic rings. The summed E-state index contributed by atoms with van der Waals surface area (Å²) < 4.78 is 5.96. The van der Waals surface area contributed by atoms with Gasteiger partial charge in [0, 0.05) is 17.4 Å². The van der Waals surface area contributed by atoms with Gasteiger partial charge in [-0.05, 0) is 36.8 Å². The van der Waals surface area contributed by atoms with Crippen molar-refractivity contribution in [2.24, 2.45) is 0 Å². The first-order valence-electron chi connectivity index (χ1n) is 6.93. The summed E-state index contributed by atoms with van der Waals surface area (Å²) in [5, 5.41) is 5.53. The molecular formula is C16H17BrN2O3. The van der Waals surface area contributed by atoms with Crippen molar-refractivity contribution in [1.29, 1.82) is 0 Å². The number of rotatable bonds is 6. The third-order valence-corrected chi connectivity index (χ3v) is 3.66. The molecule has 22 heavy (non-hydrogen) atoms. The van der Waals surface area contributed by atoms with Crippen LogP contribution in [0, 0.1) is 0 Å². The van der Waals surface area contributed by atoms with Gasteiger partial charge in [-0.3, -0.25) is 9.59 Å². The number of benzene rings is 1. The van der Waals surface area contributed by atoms with E-state index in [1.807, 2.05) is 31.2 Å². The summed E-state index contributed by atoms with van der Waals surface area (Å²) in [7, 11) is 0. The normalized spacial score (nSPS) is 11.7. The predicted molar refractivity (Wildman–Crippen MR) is 86.4 cm³/mol. The second-order valence-electron chi connectivity index (χ2n) is 4.82. The first-order chi connectivity index (χ1) is 10.6. The van der Waals surface area contributed by atoms with E-state index in [-0.39, 0.29) is 36.6 Å². The van der Waals surface area contributed by atoms with Gasteiger partial charge in [-0.25, -0.2) is 0 Å². The summed E-state index contributed by atoms with van der Waals surface area (Å²) in [6.45, 7) is 2.18. The Hall–Kier alpha value is -2.08. The minimum Gasteiger partial charge on any atom is -0.459 e. The summed E-state index contributed by atoms with van der Waals surface area (Å²) in [6, 6.07) is 10.9. The summed E-state index contributed by atoms with van der Waals surface area (Å²) in [5.41, 5.74) is 1.02. The van der Waals surface area contributed by atoms with E-state index in [2.05, 4.69) is 26.6 Å². The van der Waals surface area contributed by atoms with E-state index in [4.69, 9.17) is 4.42 Å². The molecule has 1 atom stereocenters. The average molecular weight is 365 g/mol. The van der Waals surface area contributed by atoms with Crippen molar-refractivity contribution in [3.8, 4) is 0 Å². The Labute approximate surface area is 137 Å². The molecule has 2 rings (SSSR count). The van der Waals surface area contributed by atoms with Crippen LogP contribution in [0.5, 0.6) is 0 Å². The van der Waals surface area contributed by atoms with Gasteiger partial charge >= 0.3 is 0 Å². The Morgan fingerprint density at radius 2 is 1.95 bits per heavy atom. The molecule has 6 heteroatoms. The van der Waals surface area contributed by atoms with Gasteiger partial charge in [-0.2, -0.15) is 0 Å². The predicted octanol–water partition coefficient (Wildman–Crippen LogP) is 3.04. The molecule has 0 saturated carbocycles. The number of nitrogens with one attached hydrogen (secondary N) is 2. The molecule has 0 bridgehead atoms. The van der Waals surface area contributed by atoms with Gasteiger partial charge in [0.1, 0.15) is 0 Å². The van der Waals surface area contributed by atoms with Crippen LogP contribution in [0.15, 0.2) is 51.6 Å². The fourth-order valence-corrected chi connectivity index (χ4v) is 2.20. The monoisotopic (exact) mass is 364 g/mol. The zero-order valence-corrected chi connectivity index (χ0v) is 13.7. The van der Waals surface area contributed by atoms with Crippen LogP contribution in [0.3, 0.4) is 0 Å². The number of hydrogen-bond acceptors (Lipinski definition) is 3. The molecule has 0 spiro atoms. The molecule has 1 heterocycles. The van der Waals surface area contributed by atoms with Crippen LogP contribution in [0.2, 0.25) is 0 Å². The summed E-state index contributed by atoms with van der Waals surface area (Å²) in [5.74, 6) is -0.197. The van der Waals surface area contributed by atoms with Crippen molar-refractivity contribution in [2.45, 2.75) is 19.4 Å². The lowest BCUT2D eigenvalue weighted by molar-refractivity contribution is -0.121. The Morgan fingerprint density at radius 1 is 1.23 bits per heavy atom. The lowest BCUT2D eigenvalue weighted by Gasteiger charge is -2.14. The standard InChI is InChI=1S/C16H17BrN2O3/c1-11(12-4-6-13(17)7-5-12)19-15(20)8-9-18-16(21)14-3-2-10-22-14/h2-7,10-11H,8-9H2,1H3,(H,18,21)(H,19,20)/t11-/m0/s1. The van der Waals surface area contributed by atoms with E-state index in [9.17, 15) is 9.59 Å². The van der Waals surface area contributed by atoms with Crippen LogP contribution in [0.4, 0.5) is 0 Å². The van der Waals surface area contributed by atoms with Gasteiger partial charge in [0.25, 0.3) is 5.91 Å². The third-order valence-electron chi connectivity index (χ3n) is 3.13. The lowest BCUT2D eigenvalue weighted by atomic mass is 10.1. The number of amides is 2. The van der Waals surface area contributed by atoms with Gasteiger partial charge in [-0.1, -0.05) is 28.1 Å². The van der Waals surface area contributed by atoms with E-state index in [1.54, 1.807) is 12.1 Å². The molecule has 0 fully saturated rings. The topological polar surface area (TPSA) is 71.3 Å². The molecule has 5 nitrogen and oxygen atoms in total. The quantitative estimate of drug-likeness (QED) is 0.827. The average Bonchev–Trinajstić information content (AvgIpc) is 3.02. The van der Waals surface area contributed by atoms with Gasteiger partial charge in [0.15, 0.2) is 5.76 Å². The fraction of sp³-hybridized carbons (Fsp3) is 0.250. The highest BCUT2D eigenvalue weighted by atomic mass is 79.9. The molecule has 0 aliphatic heterocycles. The molecule has 2 amide bonds. The second-order valence-corrected chi connectivity index (χ2v) is 5.74. The van der Waals surface area contributed by atoms with Crippen LogP contribution in [-0.4, -0.2) is 18.4 Å². The van der Waals surface area contributed by atoms with E-state index < -0.39 is 0 Å². The Morgan fingerprint density at radius 3 is 2.59 bits per heavy atom. The molecular weight excluding hydrogens is 348 g/mol. The van der Waals surface area contributed by atoms with Gasteiger partial charge < -0.3 is 15.1 Å². The highest BCUT2D eigenvalue weighted by Crippen LogP contribution is 2.16. The first kappa shape index (κ1) is 16.3. The van der Waals surface area contributed by atoms with E-state index in [1.165, 1.54) is 6.26 Å². The Bertz CT molecular complexity index is 623. The zero-order chi connectivity index (χ0) is 15.9. The first-order valence-corrected chi connectivity index (χ1v) is 7.72. The fourth-order valence-electron chi connectivity index (χ4n) is 1.93. The number of halogens is 1. The molecule has 2 N–H and O–H groups in total. The molecule has 1 aromatic carbocycles. The van der Waals surface area contributed by atoms with E-state index in [0.717, 1.165) is 10.0 Å². The van der Waals surface area contributed by atoms with Crippen LogP contribution >= 0.6 is 15.9 Å². The molecule has 2 aromatic rings.